The first kappa shape index (κ1) is 20.5. The van der Waals surface area contributed by atoms with Gasteiger partial charge >= 0.3 is 0 Å². The van der Waals surface area contributed by atoms with Crippen molar-refractivity contribution in [3.05, 3.63) is 65.8 Å². The van der Waals surface area contributed by atoms with Gasteiger partial charge < -0.3 is 15.3 Å². The summed E-state index contributed by atoms with van der Waals surface area (Å²) in [5.74, 6) is 1.65. The zero-order valence-corrected chi connectivity index (χ0v) is 18.6. The molecule has 32 heavy (non-hydrogen) atoms. The molecule has 3 heterocycles. The van der Waals surface area contributed by atoms with Crippen molar-refractivity contribution in [2.75, 3.05) is 23.3 Å². The first-order chi connectivity index (χ1) is 15.6. The van der Waals surface area contributed by atoms with Crippen LogP contribution in [0.15, 0.2) is 60.0 Å². The van der Waals surface area contributed by atoms with Crippen LogP contribution in [0.4, 0.5) is 11.5 Å². The molecule has 0 spiro atoms. The molecule has 6 nitrogen and oxygen atoms in total. The summed E-state index contributed by atoms with van der Waals surface area (Å²) in [7, 11) is 0. The van der Waals surface area contributed by atoms with Gasteiger partial charge in [-0.25, -0.2) is 9.97 Å². The van der Waals surface area contributed by atoms with E-state index >= 15 is 0 Å². The molecule has 2 N–H and O–H groups in total. The van der Waals surface area contributed by atoms with Crippen molar-refractivity contribution in [2.45, 2.75) is 19.8 Å². The Morgan fingerprint density at radius 2 is 1.78 bits per heavy atom. The summed E-state index contributed by atoms with van der Waals surface area (Å²) in [5, 5.41) is 16.1. The van der Waals surface area contributed by atoms with Crippen molar-refractivity contribution < 1.29 is 9.90 Å². The van der Waals surface area contributed by atoms with Crippen LogP contribution in [-0.2, 0) is 4.79 Å². The van der Waals surface area contributed by atoms with E-state index in [9.17, 15) is 9.90 Å². The highest BCUT2D eigenvalue weighted by Crippen LogP contribution is 2.39. The number of aromatic nitrogens is 2. The minimum atomic E-state index is -0.0969. The Hall–Kier alpha value is -3.45. The van der Waals surface area contributed by atoms with Crippen molar-refractivity contribution in [1.29, 1.82) is 0 Å². The molecule has 2 aromatic heterocycles. The Kier molecular flexibility index (Phi) is 5.49. The minimum Gasteiger partial charge on any atom is -0.506 e. The molecule has 1 fully saturated rings. The van der Waals surface area contributed by atoms with Crippen LogP contribution < -0.4 is 10.2 Å². The lowest BCUT2D eigenvalue weighted by molar-refractivity contribution is -0.120. The lowest BCUT2D eigenvalue weighted by Crippen LogP contribution is -2.38. The molecule has 1 aliphatic heterocycles. The van der Waals surface area contributed by atoms with E-state index in [-0.39, 0.29) is 17.6 Å². The van der Waals surface area contributed by atoms with E-state index in [4.69, 9.17) is 4.98 Å². The molecule has 1 aliphatic rings. The van der Waals surface area contributed by atoms with E-state index < -0.39 is 0 Å². The van der Waals surface area contributed by atoms with Crippen LogP contribution in [0.2, 0.25) is 0 Å². The van der Waals surface area contributed by atoms with Gasteiger partial charge in [0.05, 0.1) is 11.1 Å². The maximum Gasteiger partial charge on any atom is 0.227 e. The van der Waals surface area contributed by atoms with Crippen LogP contribution in [-0.4, -0.2) is 34.1 Å². The summed E-state index contributed by atoms with van der Waals surface area (Å²) >= 11 is 1.64. The van der Waals surface area contributed by atoms with Gasteiger partial charge in [-0.2, -0.15) is 0 Å². The van der Waals surface area contributed by atoms with Gasteiger partial charge in [0.2, 0.25) is 5.91 Å². The number of piperidine rings is 1. The number of nitrogens with one attached hydrogen (secondary N) is 1. The molecule has 162 valence electrons. The van der Waals surface area contributed by atoms with Crippen molar-refractivity contribution in [1.82, 2.24) is 9.97 Å². The van der Waals surface area contributed by atoms with E-state index in [1.54, 1.807) is 35.6 Å². The third-order valence-electron chi connectivity index (χ3n) is 5.94. The summed E-state index contributed by atoms with van der Waals surface area (Å²) < 4.78 is 0. The van der Waals surface area contributed by atoms with Gasteiger partial charge in [0.25, 0.3) is 0 Å². The van der Waals surface area contributed by atoms with Gasteiger partial charge in [0.1, 0.15) is 22.2 Å². The molecule has 5 rings (SSSR count). The molecule has 2 aromatic carbocycles. The van der Waals surface area contributed by atoms with E-state index in [1.807, 2.05) is 25.1 Å². The number of hydrogen-bond acceptors (Lipinski definition) is 6. The Morgan fingerprint density at radius 1 is 1.06 bits per heavy atom. The number of aryl methyl sites for hydroxylation is 1. The standard InChI is InChI=1S/C25H24N4O2S/c1-16-26-23(22-19(15-32-25(22)27-16)17-7-3-2-4-8-17)29-13-11-18(12-14-29)24(31)28-20-9-5-6-10-21(20)30/h2-10,15,18,30H,11-14H2,1H3,(H,28,31). The fraction of sp³-hybridized carbons (Fsp3) is 0.240. The summed E-state index contributed by atoms with van der Waals surface area (Å²) in [6, 6.07) is 17.2. The van der Waals surface area contributed by atoms with E-state index in [2.05, 4.69) is 32.7 Å². The maximum absolute atomic E-state index is 12.8. The summed E-state index contributed by atoms with van der Waals surface area (Å²) in [6.07, 6.45) is 1.46. The maximum atomic E-state index is 12.8. The highest BCUT2D eigenvalue weighted by Gasteiger charge is 2.28. The van der Waals surface area contributed by atoms with Gasteiger partial charge in [-0.05, 0) is 37.5 Å². The average Bonchev–Trinajstić information content (AvgIpc) is 3.24. The molecule has 0 unspecified atom stereocenters. The predicted molar refractivity (Wildman–Crippen MR) is 129 cm³/mol. The number of aromatic hydroxyl groups is 1. The largest absolute Gasteiger partial charge is 0.506 e. The fourth-order valence-corrected chi connectivity index (χ4v) is 5.24. The number of thiophene rings is 1. The minimum absolute atomic E-state index is 0.0457. The number of nitrogens with zero attached hydrogens (tertiary/aromatic N) is 3. The number of benzene rings is 2. The molecular weight excluding hydrogens is 420 g/mol. The number of phenols is 1. The normalized spacial score (nSPS) is 14.6. The molecule has 0 bridgehead atoms. The van der Waals surface area contributed by atoms with E-state index in [0.29, 0.717) is 5.69 Å². The van der Waals surface area contributed by atoms with Crippen molar-refractivity contribution >= 4 is 39.0 Å². The van der Waals surface area contributed by atoms with Crippen LogP contribution in [0.5, 0.6) is 5.75 Å². The van der Waals surface area contributed by atoms with E-state index in [1.165, 1.54) is 0 Å². The number of carbonyl (C=O) groups excluding carboxylic acids is 1. The molecule has 0 saturated carbocycles. The third kappa shape index (κ3) is 3.91. The van der Waals surface area contributed by atoms with Gasteiger partial charge in [-0.15, -0.1) is 11.3 Å². The second-order valence-corrected chi connectivity index (χ2v) is 8.92. The first-order valence-electron chi connectivity index (χ1n) is 10.7. The first-order valence-corrected chi connectivity index (χ1v) is 11.6. The fourth-order valence-electron chi connectivity index (χ4n) is 4.25. The zero-order valence-electron chi connectivity index (χ0n) is 17.8. The van der Waals surface area contributed by atoms with Crippen LogP contribution in [0.25, 0.3) is 21.3 Å². The molecule has 0 atom stereocenters. The molecule has 7 heteroatoms. The number of para-hydroxylation sites is 2. The molecule has 1 saturated heterocycles. The number of carbonyl (C=O) groups is 1. The van der Waals surface area contributed by atoms with Crippen LogP contribution in [0.3, 0.4) is 0 Å². The topological polar surface area (TPSA) is 78.4 Å². The summed E-state index contributed by atoms with van der Waals surface area (Å²) in [5.41, 5.74) is 2.77. The second kappa shape index (κ2) is 8.59. The zero-order chi connectivity index (χ0) is 22.1. The molecular formula is C25H24N4O2S. The second-order valence-electron chi connectivity index (χ2n) is 8.06. The summed E-state index contributed by atoms with van der Waals surface area (Å²) in [6.45, 7) is 3.42. The monoisotopic (exact) mass is 444 g/mol. The highest BCUT2D eigenvalue weighted by atomic mass is 32.1. The lowest BCUT2D eigenvalue weighted by atomic mass is 9.95. The van der Waals surface area contributed by atoms with Gasteiger partial charge in [0.15, 0.2) is 0 Å². The average molecular weight is 445 g/mol. The number of fused-ring (bicyclic) bond motifs is 1. The Bertz CT molecular complexity index is 1260. The van der Waals surface area contributed by atoms with Gasteiger partial charge in [0, 0.05) is 30.0 Å². The Labute approximate surface area is 190 Å². The predicted octanol–water partition coefficient (Wildman–Crippen LogP) is 5.23. The molecule has 1 amide bonds. The smallest absolute Gasteiger partial charge is 0.227 e. The van der Waals surface area contributed by atoms with Gasteiger partial charge in [-0.1, -0.05) is 42.5 Å². The Balaban J connectivity index is 1.38. The lowest BCUT2D eigenvalue weighted by Gasteiger charge is -2.32. The van der Waals surface area contributed by atoms with Crippen LogP contribution in [0.1, 0.15) is 18.7 Å². The molecule has 0 radical (unpaired) electrons. The Morgan fingerprint density at radius 3 is 2.53 bits per heavy atom. The number of phenolic OH excluding ortho intramolecular Hbond substituents is 1. The quantitative estimate of drug-likeness (QED) is 0.422. The molecule has 4 aromatic rings. The van der Waals surface area contributed by atoms with Crippen molar-refractivity contribution in [3.63, 3.8) is 0 Å². The number of rotatable bonds is 4. The summed E-state index contributed by atoms with van der Waals surface area (Å²) in [4.78, 5) is 25.5. The number of hydrogen-bond donors (Lipinski definition) is 2. The number of anilines is 2. The number of amides is 1. The van der Waals surface area contributed by atoms with E-state index in [0.717, 1.165) is 58.9 Å². The highest BCUT2D eigenvalue weighted by molar-refractivity contribution is 7.17. The van der Waals surface area contributed by atoms with Crippen LogP contribution in [0, 0.1) is 12.8 Å². The van der Waals surface area contributed by atoms with Crippen LogP contribution >= 0.6 is 11.3 Å². The molecule has 0 aliphatic carbocycles. The van der Waals surface area contributed by atoms with Crippen molar-refractivity contribution in [2.24, 2.45) is 5.92 Å². The van der Waals surface area contributed by atoms with Gasteiger partial charge in [-0.3, -0.25) is 4.79 Å². The third-order valence-corrected chi connectivity index (χ3v) is 6.81. The van der Waals surface area contributed by atoms with Crippen molar-refractivity contribution in [3.8, 4) is 16.9 Å². The SMILES string of the molecule is Cc1nc(N2CCC(C(=O)Nc3ccccc3O)CC2)c2c(-c3ccccc3)csc2n1.